The molecule has 2 N–H and O–H groups in total. The topological polar surface area (TPSA) is 55.8 Å². The zero-order chi connectivity index (χ0) is 20.5. The van der Waals surface area contributed by atoms with Gasteiger partial charge in [0.25, 0.3) is 0 Å². The van der Waals surface area contributed by atoms with Crippen LogP contribution in [0.2, 0.25) is 0 Å². The number of pyridine rings is 1. The molecule has 1 fully saturated rings. The quantitative estimate of drug-likeness (QED) is 0.513. The lowest BCUT2D eigenvalue weighted by molar-refractivity contribution is 0.270. The van der Waals surface area contributed by atoms with Gasteiger partial charge in [-0.3, -0.25) is 0 Å². The van der Waals surface area contributed by atoms with Crippen LogP contribution in [0.15, 0.2) is 40.1 Å². The molecule has 0 aromatic carbocycles. The van der Waals surface area contributed by atoms with Gasteiger partial charge in [-0.15, -0.1) is 0 Å². The molecule has 0 spiro atoms. The van der Waals surface area contributed by atoms with E-state index in [-0.39, 0.29) is 0 Å². The molecule has 0 bridgehead atoms. The zero-order valence-electron chi connectivity index (χ0n) is 17.9. The monoisotopic (exact) mass is 414 g/mol. The number of hydrogen-bond acceptors (Lipinski definition) is 5. The third-order valence-electron chi connectivity index (χ3n) is 5.40. The first-order chi connectivity index (χ1) is 14.2. The number of guanidine groups is 1. The molecular weight excluding hydrogens is 380 g/mol. The number of nitrogens with zero attached hydrogens (tertiary/aromatic N) is 4. The summed E-state index contributed by atoms with van der Waals surface area (Å²) in [5.41, 5.74) is 2.50. The molecule has 2 aromatic heterocycles. The Morgan fingerprint density at radius 1 is 1.17 bits per heavy atom. The molecule has 3 rings (SSSR count). The van der Waals surface area contributed by atoms with Crippen LogP contribution in [0.25, 0.3) is 0 Å². The summed E-state index contributed by atoms with van der Waals surface area (Å²) < 4.78 is 0. The van der Waals surface area contributed by atoms with Crippen molar-refractivity contribution in [2.45, 2.75) is 33.2 Å². The van der Waals surface area contributed by atoms with Gasteiger partial charge in [-0.25, -0.2) is 9.98 Å². The molecule has 158 valence electrons. The van der Waals surface area contributed by atoms with E-state index in [0.29, 0.717) is 12.5 Å². The van der Waals surface area contributed by atoms with Gasteiger partial charge in [0.15, 0.2) is 5.96 Å². The van der Waals surface area contributed by atoms with Crippen molar-refractivity contribution in [1.29, 1.82) is 0 Å². The molecular formula is C22H34N6S. The highest BCUT2D eigenvalue weighted by Gasteiger charge is 2.16. The maximum atomic E-state index is 4.74. The van der Waals surface area contributed by atoms with Gasteiger partial charge < -0.3 is 20.4 Å². The summed E-state index contributed by atoms with van der Waals surface area (Å²) in [6, 6.07) is 6.47. The van der Waals surface area contributed by atoms with Crippen molar-refractivity contribution in [3.63, 3.8) is 0 Å². The van der Waals surface area contributed by atoms with Crippen LogP contribution in [-0.4, -0.2) is 61.7 Å². The smallest absolute Gasteiger partial charge is 0.191 e. The average Bonchev–Trinajstić information content (AvgIpc) is 3.31. The SMILES string of the molecule is CCNC(=NCc1ccc(N2CCN(CC)CC2)nc1)NCC(C)c1ccsc1. The van der Waals surface area contributed by atoms with Crippen LogP contribution in [0.3, 0.4) is 0 Å². The van der Waals surface area contributed by atoms with E-state index in [1.807, 2.05) is 6.20 Å². The van der Waals surface area contributed by atoms with Gasteiger partial charge in [0.2, 0.25) is 0 Å². The first kappa shape index (κ1) is 21.6. The highest BCUT2D eigenvalue weighted by molar-refractivity contribution is 7.07. The van der Waals surface area contributed by atoms with E-state index in [1.165, 1.54) is 5.56 Å². The van der Waals surface area contributed by atoms with Crippen LogP contribution < -0.4 is 15.5 Å². The van der Waals surface area contributed by atoms with Crippen LogP contribution in [0.5, 0.6) is 0 Å². The first-order valence-electron chi connectivity index (χ1n) is 10.7. The normalized spacial score (nSPS) is 16.7. The van der Waals surface area contributed by atoms with Crippen molar-refractivity contribution >= 4 is 23.1 Å². The van der Waals surface area contributed by atoms with Gasteiger partial charge in [-0.05, 0) is 53.4 Å². The number of aliphatic imine (C=N–C) groups is 1. The summed E-state index contributed by atoms with van der Waals surface area (Å²) >= 11 is 1.75. The minimum atomic E-state index is 0.458. The van der Waals surface area contributed by atoms with Gasteiger partial charge in [0.05, 0.1) is 6.54 Å². The number of likely N-dealkylation sites (N-methyl/N-ethyl adjacent to an activating group) is 1. The predicted molar refractivity (Wildman–Crippen MR) is 124 cm³/mol. The molecule has 1 saturated heterocycles. The molecule has 0 radical (unpaired) electrons. The minimum Gasteiger partial charge on any atom is -0.357 e. The first-order valence-corrected chi connectivity index (χ1v) is 11.6. The molecule has 1 atom stereocenters. The Kier molecular flexibility index (Phi) is 8.31. The number of rotatable bonds is 8. The largest absolute Gasteiger partial charge is 0.357 e. The van der Waals surface area contributed by atoms with Crippen LogP contribution in [0, 0.1) is 0 Å². The maximum absolute atomic E-state index is 4.74. The molecule has 0 aliphatic carbocycles. The minimum absolute atomic E-state index is 0.458. The van der Waals surface area contributed by atoms with E-state index in [2.05, 4.69) is 75.1 Å². The predicted octanol–water partition coefficient (Wildman–Crippen LogP) is 3.14. The Balaban J connectivity index is 1.52. The Hall–Kier alpha value is -2.12. The van der Waals surface area contributed by atoms with Gasteiger partial charge in [0.1, 0.15) is 5.82 Å². The standard InChI is InChI=1S/C22H34N6S/c1-4-23-22(25-14-18(3)20-8-13-29-17-20)26-16-19-6-7-21(24-15-19)28-11-9-27(5-2)10-12-28/h6-8,13,15,17-18H,4-5,9-12,14,16H2,1-3H3,(H2,23,25,26). The number of thiophene rings is 1. The van der Waals surface area contributed by atoms with E-state index in [9.17, 15) is 0 Å². The Morgan fingerprint density at radius 2 is 2.00 bits per heavy atom. The van der Waals surface area contributed by atoms with Crippen LogP contribution >= 0.6 is 11.3 Å². The second kappa shape index (κ2) is 11.2. The van der Waals surface area contributed by atoms with Crippen molar-refractivity contribution in [3.8, 4) is 0 Å². The fraction of sp³-hybridized carbons (Fsp3) is 0.545. The number of anilines is 1. The van der Waals surface area contributed by atoms with E-state index in [4.69, 9.17) is 4.99 Å². The number of piperazine rings is 1. The zero-order valence-corrected chi connectivity index (χ0v) is 18.7. The number of aromatic nitrogens is 1. The lowest BCUT2D eigenvalue weighted by Crippen LogP contribution is -2.46. The van der Waals surface area contributed by atoms with Crippen LogP contribution in [0.1, 0.15) is 37.8 Å². The van der Waals surface area contributed by atoms with Crippen molar-refractivity contribution in [3.05, 3.63) is 46.3 Å². The van der Waals surface area contributed by atoms with Crippen molar-refractivity contribution < 1.29 is 0 Å². The lowest BCUT2D eigenvalue weighted by atomic mass is 10.1. The highest BCUT2D eigenvalue weighted by atomic mass is 32.1. The second-order valence-electron chi connectivity index (χ2n) is 7.48. The Bertz CT molecular complexity index is 735. The number of hydrogen-bond donors (Lipinski definition) is 2. The van der Waals surface area contributed by atoms with Gasteiger partial charge in [-0.1, -0.05) is 19.9 Å². The Morgan fingerprint density at radius 3 is 2.62 bits per heavy atom. The highest BCUT2D eigenvalue weighted by Crippen LogP contribution is 2.17. The molecule has 2 aromatic rings. The van der Waals surface area contributed by atoms with Crippen molar-refractivity contribution in [1.82, 2.24) is 20.5 Å². The summed E-state index contributed by atoms with van der Waals surface area (Å²) in [5.74, 6) is 2.39. The van der Waals surface area contributed by atoms with Gasteiger partial charge in [0, 0.05) is 45.5 Å². The van der Waals surface area contributed by atoms with Crippen molar-refractivity contribution in [2.75, 3.05) is 50.7 Å². The molecule has 1 aliphatic heterocycles. The summed E-state index contributed by atoms with van der Waals surface area (Å²) in [7, 11) is 0. The summed E-state index contributed by atoms with van der Waals surface area (Å²) in [5, 5.41) is 11.1. The summed E-state index contributed by atoms with van der Waals surface area (Å²) in [6.45, 7) is 14.4. The summed E-state index contributed by atoms with van der Waals surface area (Å²) in [6.07, 6.45) is 1.96. The molecule has 6 nitrogen and oxygen atoms in total. The van der Waals surface area contributed by atoms with E-state index >= 15 is 0 Å². The molecule has 7 heteroatoms. The molecule has 0 amide bonds. The Labute approximate surface area is 179 Å². The lowest BCUT2D eigenvalue weighted by Gasteiger charge is -2.34. The molecule has 29 heavy (non-hydrogen) atoms. The second-order valence-corrected chi connectivity index (χ2v) is 8.26. The molecule has 3 heterocycles. The van der Waals surface area contributed by atoms with Crippen molar-refractivity contribution in [2.24, 2.45) is 4.99 Å². The molecule has 1 unspecified atom stereocenters. The fourth-order valence-corrected chi connectivity index (χ4v) is 4.21. The van der Waals surface area contributed by atoms with E-state index in [0.717, 1.165) is 63.2 Å². The van der Waals surface area contributed by atoms with Gasteiger partial charge in [-0.2, -0.15) is 11.3 Å². The van der Waals surface area contributed by atoms with E-state index < -0.39 is 0 Å². The third-order valence-corrected chi connectivity index (χ3v) is 6.11. The summed E-state index contributed by atoms with van der Waals surface area (Å²) in [4.78, 5) is 14.3. The molecule has 1 aliphatic rings. The van der Waals surface area contributed by atoms with Crippen LogP contribution in [0.4, 0.5) is 5.82 Å². The van der Waals surface area contributed by atoms with Crippen LogP contribution in [-0.2, 0) is 6.54 Å². The number of nitrogens with one attached hydrogen (secondary N) is 2. The van der Waals surface area contributed by atoms with Gasteiger partial charge >= 0.3 is 0 Å². The molecule has 0 saturated carbocycles. The third kappa shape index (κ3) is 6.44. The maximum Gasteiger partial charge on any atom is 0.191 e. The van der Waals surface area contributed by atoms with E-state index in [1.54, 1.807) is 11.3 Å². The fourth-order valence-electron chi connectivity index (χ4n) is 3.43. The average molecular weight is 415 g/mol.